The molecular formula is C13H23N3OS. The van der Waals surface area contributed by atoms with Gasteiger partial charge in [0.2, 0.25) is 0 Å². The van der Waals surface area contributed by atoms with Crippen molar-refractivity contribution in [3.8, 4) is 0 Å². The molecule has 1 fully saturated rings. The number of rotatable bonds is 5. The van der Waals surface area contributed by atoms with E-state index in [4.69, 9.17) is 4.74 Å². The predicted octanol–water partition coefficient (Wildman–Crippen LogP) is 1.87. The van der Waals surface area contributed by atoms with E-state index in [2.05, 4.69) is 34.8 Å². The summed E-state index contributed by atoms with van der Waals surface area (Å²) in [6.45, 7) is 9.09. The molecule has 2 N–H and O–H groups in total. The molecule has 1 aliphatic heterocycles. The molecule has 2 rings (SSSR count). The zero-order chi connectivity index (χ0) is 13.0. The summed E-state index contributed by atoms with van der Waals surface area (Å²) >= 11 is 1.73. The lowest BCUT2D eigenvalue weighted by molar-refractivity contribution is 0.0708. The van der Waals surface area contributed by atoms with Gasteiger partial charge in [-0.25, -0.2) is 4.98 Å². The number of nitrogens with one attached hydrogen (secondary N) is 2. The van der Waals surface area contributed by atoms with Gasteiger partial charge < -0.3 is 15.4 Å². The Bertz CT molecular complexity index is 363. The molecule has 3 atom stereocenters. The Balaban J connectivity index is 1.77. The van der Waals surface area contributed by atoms with Crippen molar-refractivity contribution in [1.82, 2.24) is 15.6 Å². The van der Waals surface area contributed by atoms with Crippen molar-refractivity contribution in [3.05, 3.63) is 16.1 Å². The summed E-state index contributed by atoms with van der Waals surface area (Å²) in [6, 6.07) is 1.26. The van der Waals surface area contributed by atoms with Gasteiger partial charge in [0.25, 0.3) is 0 Å². The smallest absolute Gasteiger partial charge is 0.110 e. The summed E-state index contributed by atoms with van der Waals surface area (Å²) < 4.78 is 5.48. The maximum absolute atomic E-state index is 5.48. The van der Waals surface area contributed by atoms with Gasteiger partial charge in [-0.2, -0.15) is 0 Å². The number of thiazole rings is 1. The van der Waals surface area contributed by atoms with E-state index >= 15 is 0 Å². The van der Waals surface area contributed by atoms with Crippen molar-refractivity contribution in [2.45, 2.75) is 45.3 Å². The summed E-state index contributed by atoms with van der Waals surface area (Å²) in [6.07, 6.45) is 1.09. The van der Waals surface area contributed by atoms with Crippen LogP contribution in [0.15, 0.2) is 5.38 Å². The van der Waals surface area contributed by atoms with E-state index in [1.807, 2.05) is 6.92 Å². The summed E-state index contributed by atoms with van der Waals surface area (Å²) in [5.41, 5.74) is 1.11. The zero-order valence-corrected chi connectivity index (χ0v) is 12.2. The first kappa shape index (κ1) is 13.9. The van der Waals surface area contributed by atoms with Gasteiger partial charge >= 0.3 is 0 Å². The van der Waals surface area contributed by atoms with E-state index in [0.717, 1.165) is 31.9 Å². The molecular weight excluding hydrogens is 246 g/mol. The second kappa shape index (κ2) is 6.61. The summed E-state index contributed by atoms with van der Waals surface area (Å²) in [4.78, 5) is 4.53. The largest absolute Gasteiger partial charge is 0.379 e. The van der Waals surface area contributed by atoms with Crippen LogP contribution >= 0.6 is 11.3 Å². The quantitative estimate of drug-likeness (QED) is 0.856. The molecule has 1 aromatic rings. The highest BCUT2D eigenvalue weighted by atomic mass is 32.1. The van der Waals surface area contributed by atoms with Crippen molar-refractivity contribution >= 4 is 11.3 Å². The van der Waals surface area contributed by atoms with Crippen LogP contribution in [0.2, 0.25) is 0 Å². The van der Waals surface area contributed by atoms with Crippen LogP contribution in [0.5, 0.6) is 0 Å². The Morgan fingerprint density at radius 1 is 1.61 bits per heavy atom. The fraction of sp³-hybridized carbons (Fsp3) is 0.769. The normalized spacial score (nSPS) is 23.8. The van der Waals surface area contributed by atoms with E-state index in [1.54, 1.807) is 11.3 Å². The first-order chi connectivity index (χ1) is 8.65. The molecule has 0 spiro atoms. The van der Waals surface area contributed by atoms with Gasteiger partial charge in [-0.1, -0.05) is 0 Å². The standard InChI is InChI=1S/C13H23N3OS/c1-9(6-12-7-17-5-4-14-12)15-11(3)13-16-10(2)8-18-13/h8-9,11-12,14-15H,4-7H2,1-3H3. The third kappa shape index (κ3) is 4.02. The average Bonchev–Trinajstić information content (AvgIpc) is 2.77. The van der Waals surface area contributed by atoms with Crippen LogP contribution in [0.25, 0.3) is 0 Å². The number of morpholine rings is 1. The van der Waals surface area contributed by atoms with Crippen molar-refractivity contribution in [1.29, 1.82) is 0 Å². The Morgan fingerprint density at radius 3 is 3.06 bits per heavy atom. The average molecular weight is 269 g/mol. The molecule has 18 heavy (non-hydrogen) atoms. The number of nitrogens with zero attached hydrogens (tertiary/aromatic N) is 1. The van der Waals surface area contributed by atoms with Gasteiger partial charge in [0.05, 0.1) is 19.3 Å². The van der Waals surface area contributed by atoms with Crippen LogP contribution in [-0.4, -0.2) is 36.8 Å². The van der Waals surface area contributed by atoms with E-state index in [9.17, 15) is 0 Å². The number of aryl methyl sites for hydroxylation is 1. The van der Waals surface area contributed by atoms with Gasteiger partial charge in [-0.15, -0.1) is 11.3 Å². The van der Waals surface area contributed by atoms with Crippen molar-refractivity contribution in [2.24, 2.45) is 0 Å². The van der Waals surface area contributed by atoms with Crippen LogP contribution in [0.1, 0.15) is 37.0 Å². The van der Waals surface area contributed by atoms with Crippen molar-refractivity contribution in [2.75, 3.05) is 19.8 Å². The Morgan fingerprint density at radius 2 is 2.44 bits per heavy atom. The minimum absolute atomic E-state index is 0.322. The molecule has 2 heterocycles. The summed E-state index contributed by atoms with van der Waals surface area (Å²) in [7, 11) is 0. The molecule has 0 bridgehead atoms. The van der Waals surface area contributed by atoms with Gasteiger partial charge in [0.1, 0.15) is 5.01 Å². The highest BCUT2D eigenvalue weighted by Crippen LogP contribution is 2.18. The topological polar surface area (TPSA) is 46.2 Å². The molecule has 0 saturated carbocycles. The SMILES string of the molecule is Cc1csc(C(C)NC(C)CC2COCCN2)n1. The number of aromatic nitrogens is 1. The van der Waals surface area contributed by atoms with Gasteiger partial charge in [-0.05, 0) is 27.2 Å². The van der Waals surface area contributed by atoms with Crippen LogP contribution in [0, 0.1) is 6.92 Å². The highest BCUT2D eigenvalue weighted by Gasteiger charge is 2.18. The summed E-state index contributed by atoms with van der Waals surface area (Å²) in [5.74, 6) is 0. The Kier molecular flexibility index (Phi) is 5.12. The fourth-order valence-corrected chi connectivity index (χ4v) is 3.15. The van der Waals surface area contributed by atoms with Crippen LogP contribution in [-0.2, 0) is 4.74 Å². The molecule has 0 amide bonds. The van der Waals surface area contributed by atoms with Gasteiger partial charge in [-0.3, -0.25) is 0 Å². The molecule has 0 radical (unpaired) electrons. The number of hydrogen-bond acceptors (Lipinski definition) is 5. The Labute approximate surface area is 113 Å². The maximum Gasteiger partial charge on any atom is 0.110 e. The number of hydrogen-bond donors (Lipinski definition) is 2. The molecule has 0 aliphatic carbocycles. The molecule has 5 heteroatoms. The second-order valence-corrected chi connectivity index (χ2v) is 5.97. The van der Waals surface area contributed by atoms with Crippen LogP contribution in [0.3, 0.4) is 0 Å². The van der Waals surface area contributed by atoms with Gasteiger partial charge in [0.15, 0.2) is 0 Å². The molecule has 102 valence electrons. The van der Waals surface area contributed by atoms with Crippen LogP contribution in [0.4, 0.5) is 0 Å². The maximum atomic E-state index is 5.48. The van der Waals surface area contributed by atoms with E-state index in [-0.39, 0.29) is 0 Å². The van der Waals surface area contributed by atoms with Crippen molar-refractivity contribution in [3.63, 3.8) is 0 Å². The lowest BCUT2D eigenvalue weighted by Gasteiger charge is -2.27. The van der Waals surface area contributed by atoms with E-state index in [0.29, 0.717) is 18.1 Å². The third-order valence-electron chi connectivity index (χ3n) is 3.18. The molecule has 3 unspecified atom stereocenters. The molecule has 1 saturated heterocycles. The van der Waals surface area contributed by atoms with Crippen LogP contribution < -0.4 is 10.6 Å². The fourth-order valence-electron chi connectivity index (χ4n) is 2.34. The Hall–Kier alpha value is -0.490. The highest BCUT2D eigenvalue weighted by molar-refractivity contribution is 7.09. The molecule has 0 aromatic carbocycles. The minimum atomic E-state index is 0.322. The summed E-state index contributed by atoms with van der Waals surface area (Å²) in [5, 5.41) is 10.4. The van der Waals surface area contributed by atoms with Gasteiger partial charge in [0, 0.05) is 29.7 Å². The third-order valence-corrected chi connectivity index (χ3v) is 4.32. The van der Waals surface area contributed by atoms with E-state index in [1.165, 1.54) is 5.01 Å². The first-order valence-electron chi connectivity index (χ1n) is 6.64. The first-order valence-corrected chi connectivity index (χ1v) is 7.52. The van der Waals surface area contributed by atoms with Crippen molar-refractivity contribution < 1.29 is 4.74 Å². The zero-order valence-electron chi connectivity index (χ0n) is 11.4. The molecule has 1 aliphatic rings. The predicted molar refractivity (Wildman–Crippen MR) is 75.1 cm³/mol. The lowest BCUT2D eigenvalue weighted by atomic mass is 10.1. The number of ether oxygens (including phenoxy) is 1. The molecule has 4 nitrogen and oxygen atoms in total. The lowest BCUT2D eigenvalue weighted by Crippen LogP contribution is -2.45. The monoisotopic (exact) mass is 269 g/mol. The molecule has 1 aromatic heterocycles. The second-order valence-electron chi connectivity index (χ2n) is 5.08. The van der Waals surface area contributed by atoms with E-state index < -0.39 is 0 Å². The minimum Gasteiger partial charge on any atom is -0.379 e.